The molecule has 32 heavy (non-hydrogen) atoms. The van der Waals surface area contributed by atoms with Crippen molar-refractivity contribution in [2.75, 3.05) is 13.1 Å². The fraction of sp³-hybridized carbons (Fsp3) is 0.192. The molecule has 0 heterocycles. The van der Waals surface area contributed by atoms with Gasteiger partial charge in [-0.3, -0.25) is 4.79 Å². The van der Waals surface area contributed by atoms with Crippen molar-refractivity contribution in [1.82, 2.24) is 9.62 Å². The number of carbonyl (C=O) groups excluding carboxylic acids is 1. The summed E-state index contributed by atoms with van der Waals surface area (Å²) in [6.07, 6.45) is 3.34. The minimum absolute atomic E-state index is 0.135. The van der Waals surface area contributed by atoms with E-state index in [1.807, 2.05) is 18.2 Å². The summed E-state index contributed by atoms with van der Waals surface area (Å²) < 4.78 is 27.3. The number of hydrogen-bond donors (Lipinski definition) is 1. The summed E-state index contributed by atoms with van der Waals surface area (Å²) >= 11 is 0. The molecule has 3 aromatic rings. The van der Waals surface area contributed by atoms with Crippen LogP contribution in [0.2, 0.25) is 0 Å². The van der Waals surface area contributed by atoms with Crippen LogP contribution in [-0.2, 0) is 23.0 Å². The predicted molar refractivity (Wildman–Crippen MR) is 128 cm³/mol. The van der Waals surface area contributed by atoms with E-state index in [0.29, 0.717) is 12.1 Å². The van der Waals surface area contributed by atoms with Crippen LogP contribution in [0.15, 0.2) is 102 Å². The molecule has 3 aromatic carbocycles. The topological polar surface area (TPSA) is 66.5 Å². The van der Waals surface area contributed by atoms with Gasteiger partial charge in [-0.25, -0.2) is 8.42 Å². The maximum Gasteiger partial charge on any atom is 0.251 e. The first-order valence-corrected chi connectivity index (χ1v) is 12.0. The summed E-state index contributed by atoms with van der Waals surface area (Å²) in [7, 11) is -3.64. The van der Waals surface area contributed by atoms with Gasteiger partial charge in [0.15, 0.2) is 0 Å². The number of nitrogens with one attached hydrogen (secondary N) is 1. The van der Waals surface area contributed by atoms with E-state index in [1.54, 1.807) is 60.7 Å². The van der Waals surface area contributed by atoms with Crippen LogP contribution in [-0.4, -0.2) is 31.7 Å². The normalized spacial score (nSPS) is 11.3. The number of nitrogens with zero attached hydrogens (tertiary/aromatic N) is 1. The molecule has 0 saturated heterocycles. The minimum atomic E-state index is -3.64. The van der Waals surface area contributed by atoms with Crippen molar-refractivity contribution in [2.45, 2.75) is 24.3 Å². The Balaban J connectivity index is 1.57. The number of hydrogen-bond acceptors (Lipinski definition) is 3. The number of carbonyl (C=O) groups is 1. The first kappa shape index (κ1) is 23.4. The average Bonchev–Trinajstić information content (AvgIpc) is 2.83. The molecule has 0 aromatic heterocycles. The van der Waals surface area contributed by atoms with Gasteiger partial charge in [-0.2, -0.15) is 4.31 Å². The van der Waals surface area contributed by atoms with Gasteiger partial charge in [0.2, 0.25) is 10.0 Å². The number of amides is 1. The molecule has 166 valence electrons. The zero-order valence-electron chi connectivity index (χ0n) is 18.0. The second-order valence-corrected chi connectivity index (χ2v) is 9.38. The Morgan fingerprint density at radius 2 is 1.50 bits per heavy atom. The van der Waals surface area contributed by atoms with E-state index in [1.165, 1.54) is 9.87 Å². The van der Waals surface area contributed by atoms with Crippen LogP contribution in [0.5, 0.6) is 0 Å². The molecule has 0 bridgehead atoms. The Morgan fingerprint density at radius 3 is 2.12 bits per heavy atom. The lowest BCUT2D eigenvalue weighted by Gasteiger charge is -2.21. The lowest BCUT2D eigenvalue weighted by atomic mass is 10.1. The van der Waals surface area contributed by atoms with Crippen LogP contribution in [0.3, 0.4) is 0 Å². The maximum absolute atomic E-state index is 13.0. The highest BCUT2D eigenvalue weighted by atomic mass is 32.2. The smallest absolute Gasteiger partial charge is 0.251 e. The minimum Gasteiger partial charge on any atom is -0.352 e. The summed E-state index contributed by atoms with van der Waals surface area (Å²) in [5.74, 6) is -0.135. The van der Waals surface area contributed by atoms with Gasteiger partial charge in [0, 0.05) is 25.2 Å². The van der Waals surface area contributed by atoms with Crippen molar-refractivity contribution >= 4 is 15.9 Å². The molecule has 1 N–H and O–H groups in total. The Kier molecular flexibility index (Phi) is 8.36. The summed E-state index contributed by atoms with van der Waals surface area (Å²) in [6, 6.07) is 25.5. The summed E-state index contributed by atoms with van der Waals surface area (Å²) in [5, 5.41) is 2.94. The lowest BCUT2D eigenvalue weighted by Crippen LogP contribution is -2.31. The quantitative estimate of drug-likeness (QED) is 0.349. The van der Waals surface area contributed by atoms with Gasteiger partial charge in [-0.1, -0.05) is 66.7 Å². The number of rotatable bonds is 11. The van der Waals surface area contributed by atoms with E-state index in [0.717, 1.165) is 18.4 Å². The SMILES string of the molecule is C=CCN(Cc1ccc(C(=O)NCCCc2ccccc2)cc1)S(=O)(=O)c1ccccc1. The van der Waals surface area contributed by atoms with Crippen molar-refractivity contribution in [1.29, 1.82) is 0 Å². The molecule has 0 atom stereocenters. The second-order valence-electron chi connectivity index (χ2n) is 7.44. The molecule has 0 unspecified atom stereocenters. The van der Waals surface area contributed by atoms with Crippen LogP contribution < -0.4 is 5.32 Å². The molecule has 0 aliphatic heterocycles. The zero-order valence-corrected chi connectivity index (χ0v) is 18.8. The van der Waals surface area contributed by atoms with Crippen LogP contribution in [0, 0.1) is 0 Å². The fourth-order valence-corrected chi connectivity index (χ4v) is 4.76. The Labute approximate surface area is 190 Å². The van der Waals surface area contributed by atoms with Crippen molar-refractivity contribution < 1.29 is 13.2 Å². The molecule has 1 amide bonds. The molecule has 0 saturated carbocycles. The third-order valence-corrected chi connectivity index (χ3v) is 6.89. The molecule has 0 aliphatic carbocycles. The van der Waals surface area contributed by atoms with Crippen LogP contribution >= 0.6 is 0 Å². The van der Waals surface area contributed by atoms with Gasteiger partial charge in [-0.15, -0.1) is 6.58 Å². The van der Waals surface area contributed by atoms with Crippen molar-refractivity contribution in [3.8, 4) is 0 Å². The molecule has 0 fully saturated rings. The van der Waals surface area contributed by atoms with Gasteiger partial charge >= 0.3 is 0 Å². The summed E-state index contributed by atoms with van der Waals surface area (Å²) in [5.41, 5.74) is 2.60. The van der Waals surface area contributed by atoms with Crippen molar-refractivity contribution in [2.24, 2.45) is 0 Å². The van der Waals surface area contributed by atoms with Crippen molar-refractivity contribution in [3.63, 3.8) is 0 Å². The molecule has 0 spiro atoms. The standard InChI is InChI=1S/C26H28N2O3S/c1-2-20-28(32(30,31)25-13-7-4-8-14-25)21-23-15-17-24(18-16-23)26(29)27-19-9-12-22-10-5-3-6-11-22/h2-8,10-11,13-18H,1,9,12,19-21H2,(H,27,29). The Bertz CT molecular complexity index is 1110. The highest BCUT2D eigenvalue weighted by Crippen LogP contribution is 2.18. The first-order chi connectivity index (χ1) is 15.5. The molecule has 3 rings (SSSR count). The number of aryl methyl sites for hydroxylation is 1. The largest absolute Gasteiger partial charge is 0.352 e. The third-order valence-electron chi connectivity index (χ3n) is 5.06. The Hall–Kier alpha value is -3.22. The van der Waals surface area contributed by atoms with E-state index in [2.05, 4.69) is 24.0 Å². The summed E-state index contributed by atoms with van der Waals surface area (Å²) in [4.78, 5) is 12.6. The van der Waals surface area contributed by atoms with Crippen molar-refractivity contribution in [3.05, 3.63) is 114 Å². The molecular formula is C26H28N2O3S. The Morgan fingerprint density at radius 1 is 0.875 bits per heavy atom. The molecule has 6 heteroatoms. The van der Waals surface area contributed by atoms with E-state index < -0.39 is 10.0 Å². The zero-order chi connectivity index (χ0) is 22.8. The average molecular weight is 449 g/mol. The van der Waals surface area contributed by atoms with E-state index in [9.17, 15) is 13.2 Å². The lowest BCUT2D eigenvalue weighted by molar-refractivity contribution is 0.0953. The number of benzene rings is 3. The van der Waals surface area contributed by atoms with Crippen LogP contribution in [0.1, 0.15) is 27.9 Å². The predicted octanol–water partition coefficient (Wildman–Crippen LogP) is 4.43. The molecular weight excluding hydrogens is 420 g/mol. The van der Waals surface area contributed by atoms with Gasteiger partial charge in [-0.05, 0) is 48.2 Å². The van der Waals surface area contributed by atoms with Crippen LogP contribution in [0.4, 0.5) is 0 Å². The molecule has 5 nitrogen and oxygen atoms in total. The number of sulfonamides is 1. The highest BCUT2D eigenvalue weighted by molar-refractivity contribution is 7.89. The molecule has 0 radical (unpaired) electrons. The molecule has 0 aliphatic rings. The van der Waals surface area contributed by atoms with E-state index >= 15 is 0 Å². The maximum atomic E-state index is 13.0. The van der Waals surface area contributed by atoms with Gasteiger partial charge in [0.05, 0.1) is 4.90 Å². The highest BCUT2D eigenvalue weighted by Gasteiger charge is 2.23. The van der Waals surface area contributed by atoms with Crippen LogP contribution in [0.25, 0.3) is 0 Å². The van der Waals surface area contributed by atoms with Gasteiger partial charge < -0.3 is 5.32 Å². The summed E-state index contributed by atoms with van der Waals surface area (Å²) in [6.45, 7) is 4.67. The van der Waals surface area contributed by atoms with Gasteiger partial charge in [0.1, 0.15) is 0 Å². The van der Waals surface area contributed by atoms with E-state index in [4.69, 9.17) is 0 Å². The third kappa shape index (κ3) is 6.39. The second kappa shape index (κ2) is 11.4. The first-order valence-electron chi connectivity index (χ1n) is 10.6. The van der Waals surface area contributed by atoms with E-state index in [-0.39, 0.29) is 23.9 Å². The monoisotopic (exact) mass is 448 g/mol. The fourth-order valence-electron chi connectivity index (χ4n) is 3.34. The van der Waals surface area contributed by atoms with Gasteiger partial charge in [0.25, 0.3) is 5.91 Å².